The first-order valence-electron chi connectivity index (χ1n) is 11.0. The molecule has 0 saturated heterocycles. The minimum Gasteiger partial charge on any atom is -0.485 e. The summed E-state index contributed by atoms with van der Waals surface area (Å²) in [7, 11) is 0. The van der Waals surface area contributed by atoms with Crippen molar-refractivity contribution >= 4 is 34.5 Å². The number of aryl methyl sites for hydroxylation is 2. The number of hydrogen-bond donors (Lipinski definition) is 2. The Bertz CT molecular complexity index is 1110. The predicted octanol–water partition coefficient (Wildman–Crippen LogP) is 7.36. The number of thiazole rings is 1. The van der Waals surface area contributed by atoms with Crippen LogP contribution in [0.3, 0.4) is 0 Å². The zero-order chi connectivity index (χ0) is 24.3. The zero-order valence-corrected chi connectivity index (χ0v) is 22.0. The Labute approximate surface area is 210 Å². The average Bonchev–Trinajstić information content (AvgIpc) is 3.17. The van der Waals surface area contributed by atoms with Gasteiger partial charge in [0.05, 0.1) is 23.4 Å². The van der Waals surface area contributed by atoms with E-state index >= 15 is 0 Å². The Morgan fingerprint density at radius 1 is 1.12 bits per heavy atom. The van der Waals surface area contributed by atoms with E-state index in [1.807, 2.05) is 51.1 Å². The molecule has 1 atom stereocenters. The minimum atomic E-state index is -0.659. The van der Waals surface area contributed by atoms with E-state index in [9.17, 15) is 10.2 Å². The van der Waals surface area contributed by atoms with Crippen molar-refractivity contribution in [2.24, 2.45) is 0 Å². The summed E-state index contributed by atoms with van der Waals surface area (Å²) in [6.45, 7) is 9.83. The summed E-state index contributed by atoms with van der Waals surface area (Å²) in [4.78, 5) is 6.08. The van der Waals surface area contributed by atoms with Gasteiger partial charge in [-0.15, -0.1) is 11.3 Å². The van der Waals surface area contributed by atoms with Crippen molar-refractivity contribution in [1.29, 1.82) is 0 Å². The van der Waals surface area contributed by atoms with Gasteiger partial charge in [-0.25, -0.2) is 4.98 Å². The van der Waals surface area contributed by atoms with Gasteiger partial charge in [-0.05, 0) is 81.0 Å². The molecule has 2 N–H and O–H groups in total. The van der Waals surface area contributed by atoms with Crippen LogP contribution in [0.5, 0.6) is 5.75 Å². The number of aliphatic hydroxyl groups excluding tert-OH is 2. The maximum Gasteiger partial charge on any atom is 0.126 e. The quantitative estimate of drug-likeness (QED) is 0.317. The molecule has 1 aromatic heterocycles. The van der Waals surface area contributed by atoms with E-state index in [0.29, 0.717) is 34.6 Å². The third kappa shape index (κ3) is 6.49. The fraction of sp³-hybridized carbons (Fsp3) is 0.423. The number of aliphatic hydroxyl groups is 2. The fourth-order valence-corrected chi connectivity index (χ4v) is 5.24. The van der Waals surface area contributed by atoms with Gasteiger partial charge in [-0.3, -0.25) is 0 Å². The maximum absolute atomic E-state index is 10.9. The summed E-state index contributed by atoms with van der Waals surface area (Å²) in [5.74, 6) is 1.03. The number of aromatic nitrogens is 1. The Hall–Kier alpha value is -1.63. The maximum atomic E-state index is 10.9. The topological polar surface area (TPSA) is 62.6 Å². The van der Waals surface area contributed by atoms with Gasteiger partial charge in [0.25, 0.3) is 0 Å². The van der Waals surface area contributed by atoms with E-state index in [1.54, 1.807) is 17.4 Å². The van der Waals surface area contributed by atoms with Gasteiger partial charge in [0, 0.05) is 15.5 Å². The first-order valence-corrected chi connectivity index (χ1v) is 12.6. The molecule has 3 rings (SSSR count). The third-order valence-electron chi connectivity index (χ3n) is 5.42. The SMILES string of the molecule is Cc1cc(C(O)CCc2nc(-c3ccc(Cl)cc3Cl)sc2C(C)C)ccc1OC(C)(C)CO. The number of benzene rings is 2. The van der Waals surface area contributed by atoms with Crippen molar-refractivity contribution in [3.63, 3.8) is 0 Å². The van der Waals surface area contributed by atoms with Crippen molar-refractivity contribution < 1.29 is 14.9 Å². The molecule has 0 radical (unpaired) electrons. The van der Waals surface area contributed by atoms with E-state index in [-0.39, 0.29) is 6.61 Å². The zero-order valence-electron chi connectivity index (χ0n) is 19.7. The third-order valence-corrected chi connectivity index (χ3v) is 7.40. The van der Waals surface area contributed by atoms with Crippen LogP contribution < -0.4 is 4.74 Å². The van der Waals surface area contributed by atoms with Crippen LogP contribution in [-0.4, -0.2) is 27.4 Å². The highest BCUT2D eigenvalue weighted by atomic mass is 35.5. The van der Waals surface area contributed by atoms with Gasteiger partial charge in [0.2, 0.25) is 0 Å². The molecule has 2 aromatic carbocycles. The summed E-state index contributed by atoms with van der Waals surface area (Å²) in [5.41, 5.74) is 2.97. The fourth-order valence-electron chi connectivity index (χ4n) is 3.54. The Kier molecular flexibility index (Phi) is 8.46. The van der Waals surface area contributed by atoms with E-state index in [1.165, 1.54) is 4.88 Å². The molecule has 0 aliphatic rings. The molecule has 0 bridgehead atoms. The van der Waals surface area contributed by atoms with Crippen LogP contribution in [0, 0.1) is 6.92 Å². The van der Waals surface area contributed by atoms with Gasteiger partial charge < -0.3 is 14.9 Å². The molecule has 0 aliphatic carbocycles. The van der Waals surface area contributed by atoms with Crippen LogP contribution in [0.4, 0.5) is 0 Å². The minimum absolute atomic E-state index is 0.0775. The van der Waals surface area contributed by atoms with Crippen LogP contribution in [0.15, 0.2) is 36.4 Å². The monoisotopic (exact) mass is 507 g/mol. The molecule has 0 fully saturated rings. The summed E-state index contributed by atoms with van der Waals surface area (Å²) in [6, 6.07) is 11.1. The number of rotatable bonds is 9. The average molecular weight is 509 g/mol. The van der Waals surface area contributed by atoms with Gasteiger partial charge >= 0.3 is 0 Å². The highest BCUT2D eigenvalue weighted by molar-refractivity contribution is 7.15. The summed E-state index contributed by atoms with van der Waals surface area (Å²) in [6.07, 6.45) is 0.595. The summed E-state index contributed by atoms with van der Waals surface area (Å²) in [5, 5.41) is 22.4. The number of ether oxygens (including phenoxy) is 1. The van der Waals surface area contributed by atoms with E-state index in [4.69, 9.17) is 32.9 Å². The van der Waals surface area contributed by atoms with Crippen molar-refractivity contribution in [1.82, 2.24) is 4.98 Å². The molecule has 0 spiro atoms. The van der Waals surface area contributed by atoms with Gasteiger partial charge in [0.1, 0.15) is 16.4 Å². The summed E-state index contributed by atoms with van der Waals surface area (Å²) < 4.78 is 5.89. The van der Waals surface area contributed by atoms with E-state index in [0.717, 1.165) is 27.4 Å². The Morgan fingerprint density at radius 2 is 1.85 bits per heavy atom. The van der Waals surface area contributed by atoms with Crippen molar-refractivity contribution in [3.8, 4) is 16.3 Å². The lowest BCUT2D eigenvalue weighted by atomic mass is 10.00. The van der Waals surface area contributed by atoms with Crippen LogP contribution in [0.2, 0.25) is 10.0 Å². The number of hydrogen-bond acceptors (Lipinski definition) is 5. The lowest BCUT2D eigenvalue weighted by molar-refractivity contribution is 0.0406. The normalized spacial score (nSPS) is 12.9. The first-order chi connectivity index (χ1) is 15.5. The van der Waals surface area contributed by atoms with Crippen LogP contribution in [0.25, 0.3) is 10.6 Å². The molecule has 0 saturated carbocycles. The van der Waals surface area contributed by atoms with Crippen molar-refractivity contribution in [2.75, 3.05) is 6.61 Å². The van der Waals surface area contributed by atoms with Gasteiger partial charge in [0.15, 0.2) is 0 Å². The number of halogens is 2. The summed E-state index contributed by atoms with van der Waals surface area (Å²) >= 11 is 14.1. The lowest BCUT2D eigenvalue weighted by Crippen LogP contribution is -2.32. The highest BCUT2D eigenvalue weighted by Crippen LogP contribution is 2.38. The highest BCUT2D eigenvalue weighted by Gasteiger charge is 2.21. The van der Waals surface area contributed by atoms with Crippen LogP contribution in [0.1, 0.15) is 67.8 Å². The van der Waals surface area contributed by atoms with Crippen LogP contribution >= 0.6 is 34.5 Å². The van der Waals surface area contributed by atoms with Crippen molar-refractivity contribution in [2.45, 2.75) is 65.1 Å². The Balaban J connectivity index is 1.76. The van der Waals surface area contributed by atoms with Crippen LogP contribution in [-0.2, 0) is 6.42 Å². The molecule has 1 unspecified atom stereocenters. The second kappa shape index (κ2) is 10.7. The van der Waals surface area contributed by atoms with Gasteiger partial charge in [-0.2, -0.15) is 0 Å². The second-order valence-electron chi connectivity index (χ2n) is 9.21. The van der Waals surface area contributed by atoms with Gasteiger partial charge in [-0.1, -0.05) is 43.1 Å². The molecule has 1 heterocycles. The van der Waals surface area contributed by atoms with E-state index in [2.05, 4.69) is 13.8 Å². The molecular formula is C26H31Cl2NO3S. The second-order valence-corrected chi connectivity index (χ2v) is 11.1. The largest absolute Gasteiger partial charge is 0.485 e. The first kappa shape index (κ1) is 26.0. The molecule has 178 valence electrons. The molecule has 33 heavy (non-hydrogen) atoms. The smallest absolute Gasteiger partial charge is 0.126 e. The molecule has 3 aromatic rings. The molecule has 0 amide bonds. The lowest BCUT2D eigenvalue weighted by Gasteiger charge is -2.25. The van der Waals surface area contributed by atoms with Crippen molar-refractivity contribution in [3.05, 3.63) is 68.1 Å². The molecular weight excluding hydrogens is 477 g/mol. The Morgan fingerprint density at radius 3 is 2.45 bits per heavy atom. The van der Waals surface area contributed by atoms with E-state index < -0.39 is 11.7 Å². The number of nitrogens with zero attached hydrogens (tertiary/aromatic N) is 1. The molecule has 4 nitrogen and oxygen atoms in total. The predicted molar refractivity (Wildman–Crippen MR) is 138 cm³/mol. The standard InChI is InChI=1S/C26H31Cl2NO3S/c1-15(2)24-21(29-25(33-24)19-8-7-18(27)13-20(19)28)9-10-22(31)17-6-11-23(16(3)12-17)32-26(4,5)14-30/h6-8,11-13,15,22,30-31H,9-10,14H2,1-5H3. The molecule has 7 heteroatoms. The molecule has 0 aliphatic heterocycles.